The maximum Gasteiger partial charge on any atom is 0.270 e. The van der Waals surface area contributed by atoms with Crippen LogP contribution in [0.1, 0.15) is 5.56 Å². The van der Waals surface area contributed by atoms with Crippen molar-refractivity contribution in [3.8, 4) is 28.8 Å². The Labute approximate surface area is 159 Å². The van der Waals surface area contributed by atoms with Crippen molar-refractivity contribution in [3.63, 3.8) is 0 Å². The van der Waals surface area contributed by atoms with Crippen molar-refractivity contribution in [3.05, 3.63) is 52.8 Å². The summed E-state index contributed by atoms with van der Waals surface area (Å²) in [5.41, 5.74) is 0.236. The van der Waals surface area contributed by atoms with Gasteiger partial charge in [0.05, 0.1) is 20.0 Å². The summed E-state index contributed by atoms with van der Waals surface area (Å²) in [6.45, 7) is 0.936. The third-order valence-electron chi connectivity index (χ3n) is 3.81. The number of benzene rings is 1. The number of para-hydroxylation sites is 1. The van der Waals surface area contributed by atoms with E-state index in [0.717, 1.165) is 0 Å². The van der Waals surface area contributed by atoms with E-state index >= 15 is 0 Å². The summed E-state index contributed by atoms with van der Waals surface area (Å²) >= 11 is 1.28. The van der Waals surface area contributed by atoms with E-state index in [4.69, 9.17) is 9.47 Å². The summed E-state index contributed by atoms with van der Waals surface area (Å²) in [4.78, 5) is 23.2. The molecule has 138 valence electrons. The van der Waals surface area contributed by atoms with E-state index in [0.29, 0.717) is 35.4 Å². The van der Waals surface area contributed by atoms with E-state index in [9.17, 15) is 10.1 Å². The van der Waals surface area contributed by atoms with E-state index in [1.54, 1.807) is 37.0 Å². The van der Waals surface area contributed by atoms with E-state index in [1.807, 2.05) is 16.8 Å². The first-order valence-electron chi connectivity index (χ1n) is 8.02. The Hall–Kier alpha value is -3.25. The van der Waals surface area contributed by atoms with Gasteiger partial charge in [0.1, 0.15) is 23.9 Å². The van der Waals surface area contributed by atoms with Gasteiger partial charge in [0.15, 0.2) is 16.7 Å². The first-order chi connectivity index (χ1) is 13.2. The first-order valence-corrected chi connectivity index (χ1v) is 9.24. The van der Waals surface area contributed by atoms with E-state index in [-0.39, 0.29) is 11.3 Å². The van der Waals surface area contributed by atoms with Crippen LogP contribution in [0.4, 0.5) is 0 Å². The predicted octanol–water partition coefficient (Wildman–Crippen LogP) is 2.31. The van der Waals surface area contributed by atoms with Crippen molar-refractivity contribution in [1.82, 2.24) is 19.5 Å². The fourth-order valence-corrected chi connectivity index (χ4v) is 2.91. The molecule has 1 N–H and O–H groups in total. The molecule has 0 radical (unpaired) electrons. The zero-order valence-electron chi connectivity index (χ0n) is 14.8. The maximum absolute atomic E-state index is 12.2. The minimum Gasteiger partial charge on any atom is -0.493 e. The Bertz CT molecular complexity index is 1020. The number of H-pyrrole nitrogens is 1. The second-order valence-corrected chi connectivity index (χ2v) is 6.19. The number of rotatable bonds is 7. The summed E-state index contributed by atoms with van der Waals surface area (Å²) < 4.78 is 13.2. The van der Waals surface area contributed by atoms with Gasteiger partial charge in [-0.2, -0.15) is 5.26 Å². The lowest BCUT2D eigenvalue weighted by molar-refractivity contribution is 0.281. The quantitative estimate of drug-likeness (QED) is 0.493. The van der Waals surface area contributed by atoms with Gasteiger partial charge in [-0.05, 0) is 18.4 Å². The number of imidazole rings is 1. The molecule has 0 fully saturated rings. The van der Waals surface area contributed by atoms with Gasteiger partial charge in [0.2, 0.25) is 0 Å². The number of nitriles is 1. The average molecular weight is 383 g/mol. The molecule has 0 saturated carbocycles. The Morgan fingerprint density at radius 3 is 2.93 bits per heavy atom. The molecule has 3 aromatic rings. The van der Waals surface area contributed by atoms with Crippen LogP contribution in [0.3, 0.4) is 0 Å². The molecule has 0 aliphatic rings. The summed E-state index contributed by atoms with van der Waals surface area (Å²) in [6, 6.07) is 7.20. The van der Waals surface area contributed by atoms with Crippen molar-refractivity contribution < 1.29 is 9.47 Å². The fourth-order valence-electron chi connectivity index (χ4n) is 2.53. The van der Waals surface area contributed by atoms with Crippen molar-refractivity contribution >= 4 is 11.8 Å². The Morgan fingerprint density at radius 2 is 2.26 bits per heavy atom. The molecule has 0 saturated heterocycles. The molecule has 0 spiro atoms. The molecular weight excluding hydrogens is 366 g/mol. The third-order valence-corrected chi connectivity index (χ3v) is 4.39. The number of methoxy groups -OCH3 is 1. The van der Waals surface area contributed by atoms with Crippen molar-refractivity contribution in [2.45, 2.75) is 11.7 Å². The highest BCUT2D eigenvalue weighted by Crippen LogP contribution is 2.38. The van der Waals surface area contributed by atoms with Gasteiger partial charge in [-0.1, -0.05) is 17.8 Å². The third kappa shape index (κ3) is 3.96. The lowest BCUT2D eigenvalue weighted by atomic mass is 10.1. The van der Waals surface area contributed by atoms with Gasteiger partial charge in [0, 0.05) is 18.0 Å². The van der Waals surface area contributed by atoms with E-state index in [1.165, 1.54) is 18.9 Å². The molecule has 27 heavy (non-hydrogen) atoms. The highest BCUT2D eigenvalue weighted by Gasteiger charge is 2.20. The van der Waals surface area contributed by atoms with Gasteiger partial charge in [-0.3, -0.25) is 4.79 Å². The number of ether oxygens (including phenoxy) is 2. The number of nitrogens with zero attached hydrogens (tertiary/aromatic N) is 4. The highest BCUT2D eigenvalue weighted by atomic mass is 32.2. The molecule has 3 rings (SSSR count). The second-order valence-electron chi connectivity index (χ2n) is 5.40. The fraction of sp³-hybridized carbons (Fsp3) is 0.222. The molecule has 1 aromatic carbocycles. The molecule has 2 aromatic heterocycles. The number of aromatic nitrogens is 4. The van der Waals surface area contributed by atoms with Gasteiger partial charge >= 0.3 is 0 Å². The SMILES string of the molecule is COc1cccc(-c2nc(SC)[nH]c(=O)c2C#N)c1OCCn1ccnc1. The molecule has 0 aliphatic carbocycles. The van der Waals surface area contributed by atoms with E-state index < -0.39 is 5.56 Å². The number of hydrogen-bond acceptors (Lipinski definition) is 7. The minimum absolute atomic E-state index is 0.0690. The normalized spacial score (nSPS) is 10.4. The number of hydrogen-bond donors (Lipinski definition) is 1. The molecule has 2 heterocycles. The molecule has 0 unspecified atom stereocenters. The number of thioether (sulfide) groups is 1. The average Bonchev–Trinajstić information content (AvgIpc) is 3.20. The van der Waals surface area contributed by atoms with Crippen LogP contribution >= 0.6 is 11.8 Å². The summed E-state index contributed by atoms with van der Waals surface area (Å²) in [5, 5.41) is 9.86. The van der Waals surface area contributed by atoms with Gasteiger partial charge in [-0.15, -0.1) is 0 Å². The Balaban J connectivity index is 2.04. The standard InChI is InChI=1S/C18H17N5O3S/c1-25-14-5-3-4-12(16(14)26-9-8-23-7-6-20-11-23)15-13(10-19)17(24)22-18(21-15)27-2/h3-7,11H,8-9H2,1-2H3,(H,21,22,24). The van der Waals surface area contributed by atoms with Gasteiger partial charge in [-0.25, -0.2) is 9.97 Å². The Kier molecular flexibility index (Phi) is 5.78. The molecule has 0 amide bonds. The van der Waals surface area contributed by atoms with Crippen LogP contribution in [0.2, 0.25) is 0 Å². The zero-order chi connectivity index (χ0) is 19.2. The van der Waals surface area contributed by atoms with Crippen molar-refractivity contribution in [1.29, 1.82) is 5.26 Å². The number of nitrogens with one attached hydrogen (secondary N) is 1. The predicted molar refractivity (Wildman–Crippen MR) is 101 cm³/mol. The highest BCUT2D eigenvalue weighted by molar-refractivity contribution is 7.98. The van der Waals surface area contributed by atoms with E-state index in [2.05, 4.69) is 15.0 Å². The van der Waals surface area contributed by atoms with Crippen LogP contribution in [0.5, 0.6) is 11.5 Å². The van der Waals surface area contributed by atoms with Crippen LogP contribution in [-0.4, -0.2) is 39.5 Å². The van der Waals surface area contributed by atoms with Crippen LogP contribution in [0.25, 0.3) is 11.3 Å². The smallest absolute Gasteiger partial charge is 0.270 e. The van der Waals surface area contributed by atoms with Gasteiger partial charge in [0.25, 0.3) is 5.56 Å². The summed E-state index contributed by atoms with van der Waals surface area (Å²) in [5.74, 6) is 0.927. The van der Waals surface area contributed by atoms with Crippen LogP contribution < -0.4 is 15.0 Å². The van der Waals surface area contributed by atoms with Crippen molar-refractivity contribution in [2.75, 3.05) is 20.0 Å². The molecule has 0 aliphatic heterocycles. The largest absolute Gasteiger partial charge is 0.493 e. The van der Waals surface area contributed by atoms with Crippen LogP contribution in [0.15, 0.2) is 46.9 Å². The molecular formula is C18H17N5O3S. The monoisotopic (exact) mass is 383 g/mol. The zero-order valence-corrected chi connectivity index (χ0v) is 15.6. The van der Waals surface area contributed by atoms with Gasteiger partial charge < -0.3 is 19.0 Å². The molecule has 8 nitrogen and oxygen atoms in total. The van der Waals surface area contributed by atoms with Crippen molar-refractivity contribution in [2.24, 2.45) is 0 Å². The lowest BCUT2D eigenvalue weighted by Gasteiger charge is -2.16. The molecule has 0 atom stereocenters. The topological polar surface area (TPSA) is 106 Å². The van der Waals surface area contributed by atoms with Crippen LogP contribution in [0, 0.1) is 11.3 Å². The first kappa shape index (κ1) is 18.5. The Morgan fingerprint density at radius 1 is 1.41 bits per heavy atom. The molecule has 0 bridgehead atoms. The maximum atomic E-state index is 12.2. The second kappa shape index (κ2) is 8.42. The summed E-state index contributed by atoms with van der Waals surface area (Å²) in [7, 11) is 1.53. The molecule has 9 heteroatoms. The minimum atomic E-state index is -0.487. The lowest BCUT2D eigenvalue weighted by Crippen LogP contribution is -2.15. The summed E-state index contributed by atoms with van der Waals surface area (Å²) in [6.07, 6.45) is 7.02. The number of aromatic amines is 1. The van der Waals surface area contributed by atoms with Crippen LogP contribution in [-0.2, 0) is 6.54 Å².